The van der Waals surface area contributed by atoms with E-state index in [0.717, 1.165) is 13.1 Å². The Morgan fingerprint density at radius 2 is 1.90 bits per heavy atom. The van der Waals surface area contributed by atoms with Gasteiger partial charge in [-0.05, 0) is 12.3 Å². The minimum absolute atomic E-state index is 0.365. The smallest absolute Gasteiger partial charge is 0.0162 e. The van der Waals surface area contributed by atoms with Gasteiger partial charge in [0.1, 0.15) is 0 Å². The van der Waals surface area contributed by atoms with Gasteiger partial charge in [-0.15, -0.1) is 0 Å². The van der Waals surface area contributed by atoms with Crippen molar-refractivity contribution in [1.82, 2.24) is 5.32 Å². The Morgan fingerprint density at radius 1 is 1.40 bits per heavy atom. The quantitative estimate of drug-likeness (QED) is 0.619. The van der Waals surface area contributed by atoms with Gasteiger partial charge in [0.15, 0.2) is 0 Å². The molecule has 0 amide bonds. The highest BCUT2D eigenvalue weighted by molar-refractivity contribution is 4.68. The zero-order valence-corrected chi connectivity index (χ0v) is 7.57. The van der Waals surface area contributed by atoms with E-state index in [1.165, 1.54) is 0 Å². The molecule has 0 heterocycles. The number of hydrogen-bond acceptors (Lipinski definition) is 2. The Bertz CT molecular complexity index is 83.7. The molecule has 0 fully saturated rings. The second-order valence-corrected chi connectivity index (χ2v) is 4.08. The van der Waals surface area contributed by atoms with Gasteiger partial charge in [0.2, 0.25) is 0 Å². The average molecular weight is 144 g/mol. The monoisotopic (exact) mass is 144 g/mol. The Labute approximate surface area is 64.2 Å². The normalized spacial score (nSPS) is 15.3. The maximum Gasteiger partial charge on any atom is 0.0162 e. The van der Waals surface area contributed by atoms with Crippen molar-refractivity contribution < 1.29 is 0 Å². The molecule has 62 valence electrons. The van der Waals surface area contributed by atoms with Crippen molar-refractivity contribution in [1.29, 1.82) is 0 Å². The Hall–Kier alpha value is -0.0800. The summed E-state index contributed by atoms with van der Waals surface area (Å²) < 4.78 is 0. The summed E-state index contributed by atoms with van der Waals surface area (Å²) in [6.07, 6.45) is 0. The fourth-order valence-corrected chi connectivity index (χ4v) is 0.564. The Morgan fingerprint density at radius 3 is 2.20 bits per heavy atom. The van der Waals surface area contributed by atoms with E-state index in [4.69, 9.17) is 5.73 Å². The summed E-state index contributed by atoms with van der Waals surface area (Å²) in [6, 6.07) is 0.444. The van der Waals surface area contributed by atoms with E-state index >= 15 is 0 Å². The van der Waals surface area contributed by atoms with Crippen LogP contribution in [0.1, 0.15) is 27.7 Å². The van der Waals surface area contributed by atoms with Gasteiger partial charge in [0.05, 0.1) is 0 Å². The molecule has 1 atom stereocenters. The van der Waals surface area contributed by atoms with E-state index in [-0.39, 0.29) is 0 Å². The summed E-state index contributed by atoms with van der Waals surface area (Å²) in [5, 5.41) is 3.35. The lowest BCUT2D eigenvalue weighted by Crippen LogP contribution is -2.38. The van der Waals surface area contributed by atoms with Gasteiger partial charge >= 0.3 is 0 Å². The minimum Gasteiger partial charge on any atom is -0.329 e. The van der Waals surface area contributed by atoms with Crippen LogP contribution in [0.3, 0.4) is 0 Å². The van der Waals surface area contributed by atoms with Crippen LogP contribution in [0, 0.1) is 5.41 Å². The third kappa shape index (κ3) is 6.05. The lowest BCUT2D eigenvalue weighted by molar-refractivity contribution is 0.359. The van der Waals surface area contributed by atoms with Gasteiger partial charge in [0.25, 0.3) is 0 Å². The van der Waals surface area contributed by atoms with Gasteiger partial charge in [0, 0.05) is 19.1 Å². The summed E-state index contributed by atoms with van der Waals surface area (Å²) in [4.78, 5) is 0. The van der Waals surface area contributed by atoms with Gasteiger partial charge < -0.3 is 11.1 Å². The molecule has 0 rings (SSSR count). The highest BCUT2D eigenvalue weighted by Gasteiger charge is 2.10. The number of nitrogens with one attached hydrogen (secondary N) is 1. The van der Waals surface area contributed by atoms with Crippen molar-refractivity contribution in [2.45, 2.75) is 33.7 Å². The Balaban J connectivity index is 3.36. The topological polar surface area (TPSA) is 38.0 Å². The van der Waals surface area contributed by atoms with Crippen LogP contribution in [0.25, 0.3) is 0 Å². The first kappa shape index (κ1) is 9.92. The van der Waals surface area contributed by atoms with Crippen LogP contribution in [0.4, 0.5) is 0 Å². The molecule has 0 saturated heterocycles. The zero-order chi connectivity index (χ0) is 8.20. The van der Waals surface area contributed by atoms with Crippen LogP contribution in [0.5, 0.6) is 0 Å². The molecular weight excluding hydrogens is 124 g/mol. The van der Waals surface area contributed by atoms with Crippen molar-refractivity contribution >= 4 is 0 Å². The second kappa shape index (κ2) is 3.94. The molecule has 2 heteroatoms. The van der Waals surface area contributed by atoms with Gasteiger partial charge in [-0.3, -0.25) is 0 Å². The zero-order valence-electron chi connectivity index (χ0n) is 7.57. The van der Waals surface area contributed by atoms with Crippen molar-refractivity contribution in [3.05, 3.63) is 0 Å². The largest absolute Gasteiger partial charge is 0.329 e. The molecule has 0 aliphatic carbocycles. The lowest BCUT2D eigenvalue weighted by atomic mass is 9.97. The van der Waals surface area contributed by atoms with Gasteiger partial charge in [-0.2, -0.15) is 0 Å². The molecule has 0 aliphatic rings. The summed E-state index contributed by atoms with van der Waals surface area (Å²) in [7, 11) is 0. The molecule has 0 aromatic carbocycles. The maximum atomic E-state index is 5.44. The van der Waals surface area contributed by atoms with Crippen molar-refractivity contribution in [2.24, 2.45) is 11.1 Å². The fourth-order valence-electron chi connectivity index (χ4n) is 0.564. The van der Waals surface area contributed by atoms with Gasteiger partial charge in [-0.25, -0.2) is 0 Å². The first-order chi connectivity index (χ1) is 4.45. The van der Waals surface area contributed by atoms with Crippen LogP contribution in [0.2, 0.25) is 0 Å². The number of hydrogen-bond donors (Lipinski definition) is 2. The van der Waals surface area contributed by atoms with E-state index < -0.39 is 0 Å². The molecule has 0 bridgehead atoms. The van der Waals surface area contributed by atoms with Crippen LogP contribution in [-0.4, -0.2) is 19.1 Å². The standard InChI is InChI=1S/C8H20N2/c1-7(5-9)10-6-8(2,3)4/h7,10H,5-6,9H2,1-4H3/t7-/m1/s1. The van der Waals surface area contributed by atoms with Crippen molar-refractivity contribution in [3.8, 4) is 0 Å². The van der Waals surface area contributed by atoms with Crippen molar-refractivity contribution in [2.75, 3.05) is 13.1 Å². The van der Waals surface area contributed by atoms with Crippen LogP contribution in [0.15, 0.2) is 0 Å². The van der Waals surface area contributed by atoms with E-state index in [0.29, 0.717) is 11.5 Å². The molecule has 0 unspecified atom stereocenters. The minimum atomic E-state index is 0.365. The van der Waals surface area contributed by atoms with Crippen molar-refractivity contribution in [3.63, 3.8) is 0 Å². The predicted octanol–water partition coefficient (Wildman–Crippen LogP) is 0.969. The third-order valence-corrected chi connectivity index (χ3v) is 1.33. The average Bonchev–Trinajstić information content (AvgIpc) is 1.81. The lowest BCUT2D eigenvalue weighted by Gasteiger charge is -2.21. The van der Waals surface area contributed by atoms with E-state index in [9.17, 15) is 0 Å². The first-order valence-corrected chi connectivity index (χ1v) is 3.89. The molecular formula is C8H20N2. The highest BCUT2D eigenvalue weighted by Crippen LogP contribution is 2.10. The van der Waals surface area contributed by atoms with E-state index in [1.54, 1.807) is 0 Å². The summed E-state index contributed by atoms with van der Waals surface area (Å²) in [6.45, 7) is 10.5. The summed E-state index contributed by atoms with van der Waals surface area (Å²) in [5.74, 6) is 0. The van der Waals surface area contributed by atoms with Crippen LogP contribution >= 0.6 is 0 Å². The SMILES string of the molecule is C[C@H](CN)NCC(C)(C)C. The summed E-state index contributed by atoms with van der Waals surface area (Å²) in [5.41, 5.74) is 5.80. The number of rotatable bonds is 3. The first-order valence-electron chi connectivity index (χ1n) is 3.89. The second-order valence-electron chi connectivity index (χ2n) is 4.08. The molecule has 10 heavy (non-hydrogen) atoms. The molecule has 3 N–H and O–H groups in total. The Kier molecular flexibility index (Phi) is 3.91. The highest BCUT2D eigenvalue weighted by atomic mass is 14.9. The molecule has 0 radical (unpaired) electrons. The molecule has 0 aromatic rings. The molecule has 0 aliphatic heterocycles. The third-order valence-electron chi connectivity index (χ3n) is 1.33. The van der Waals surface area contributed by atoms with Gasteiger partial charge in [-0.1, -0.05) is 20.8 Å². The summed E-state index contributed by atoms with van der Waals surface area (Å²) >= 11 is 0. The van der Waals surface area contributed by atoms with E-state index in [1.807, 2.05) is 0 Å². The predicted molar refractivity (Wildman–Crippen MR) is 46.0 cm³/mol. The molecule has 0 aromatic heterocycles. The fraction of sp³-hybridized carbons (Fsp3) is 1.00. The maximum absolute atomic E-state index is 5.44. The van der Waals surface area contributed by atoms with E-state index in [2.05, 4.69) is 33.0 Å². The van der Waals surface area contributed by atoms with Crippen LogP contribution < -0.4 is 11.1 Å². The van der Waals surface area contributed by atoms with Crippen LogP contribution in [-0.2, 0) is 0 Å². The molecule has 2 nitrogen and oxygen atoms in total. The number of nitrogens with two attached hydrogens (primary N) is 1. The molecule has 0 saturated carbocycles. The molecule has 0 spiro atoms.